The molecule has 1 aliphatic heterocycles. The molecule has 1 saturated heterocycles. The quantitative estimate of drug-likeness (QED) is 0.624. The Morgan fingerprint density at radius 3 is 2.75 bits per heavy atom. The van der Waals surface area contributed by atoms with Crippen molar-refractivity contribution in [3.05, 3.63) is 47.8 Å². The Labute approximate surface area is 186 Å². The Kier molecular flexibility index (Phi) is 5.62. The fraction of sp³-hybridized carbons (Fsp3) is 0.375. The van der Waals surface area contributed by atoms with E-state index in [-0.39, 0.29) is 23.2 Å². The van der Waals surface area contributed by atoms with Crippen molar-refractivity contribution in [2.24, 2.45) is 0 Å². The van der Waals surface area contributed by atoms with Gasteiger partial charge in [-0.15, -0.1) is 0 Å². The van der Waals surface area contributed by atoms with Crippen LogP contribution in [0.2, 0.25) is 0 Å². The van der Waals surface area contributed by atoms with Gasteiger partial charge in [0.2, 0.25) is 0 Å². The van der Waals surface area contributed by atoms with Gasteiger partial charge in [-0.3, -0.25) is 0 Å². The summed E-state index contributed by atoms with van der Waals surface area (Å²) in [6.07, 6.45) is 0.265. The molecule has 168 valence electrons. The Morgan fingerprint density at radius 1 is 1.25 bits per heavy atom. The number of hydrogen-bond acceptors (Lipinski definition) is 6. The standard InChI is InChI=1S/C24H27FN4O3/c1-14-8-9-16-18(12-14)27-21(20-17(25)6-5-7-19(20)30)28-22(16)29-11-10-15(13-29)26-23(31)32-24(2,3)4/h5-9,12,15,30H,10-11,13H2,1-4H3,(H,26,31). The second-order valence-electron chi connectivity index (χ2n) is 9.10. The maximum Gasteiger partial charge on any atom is 0.407 e. The lowest BCUT2D eigenvalue weighted by Gasteiger charge is -2.23. The van der Waals surface area contributed by atoms with E-state index in [0.717, 1.165) is 17.4 Å². The van der Waals surface area contributed by atoms with Crippen molar-refractivity contribution in [3.8, 4) is 17.1 Å². The van der Waals surface area contributed by atoms with Gasteiger partial charge in [0.15, 0.2) is 5.82 Å². The van der Waals surface area contributed by atoms with Crippen LogP contribution < -0.4 is 10.2 Å². The van der Waals surface area contributed by atoms with Crippen LogP contribution in [0.25, 0.3) is 22.3 Å². The van der Waals surface area contributed by atoms with Crippen LogP contribution in [0.4, 0.5) is 15.0 Å². The molecule has 4 rings (SSSR count). The molecule has 2 aromatic carbocycles. The topological polar surface area (TPSA) is 87.6 Å². The Hall–Kier alpha value is -3.42. The van der Waals surface area contributed by atoms with Crippen molar-refractivity contribution in [3.63, 3.8) is 0 Å². The molecule has 1 atom stereocenters. The van der Waals surface area contributed by atoms with Crippen molar-refractivity contribution in [1.82, 2.24) is 15.3 Å². The Morgan fingerprint density at radius 2 is 2.03 bits per heavy atom. The molecule has 0 radical (unpaired) electrons. The number of halogens is 1. The molecule has 1 amide bonds. The van der Waals surface area contributed by atoms with Gasteiger partial charge < -0.3 is 20.1 Å². The monoisotopic (exact) mass is 438 g/mol. The van der Waals surface area contributed by atoms with E-state index in [2.05, 4.69) is 15.3 Å². The number of aromatic nitrogens is 2. The van der Waals surface area contributed by atoms with Gasteiger partial charge >= 0.3 is 6.09 Å². The van der Waals surface area contributed by atoms with Gasteiger partial charge in [-0.05, 0) is 63.9 Å². The summed E-state index contributed by atoms with van der Waals surface area (Å²) in [6, 6.07) is 9.85. The highest BCUT2D eigenvalue weighted by Crippen LogP contribution is 2.34. The number of alkyl carbamates (subject to hydrolysis) is 1. The van der Waals surface area contributed by atoms with E-state index >= 15 is 0 Å². The summed E-state index contributed by atoms with van der Waals surface area (Å²) in [5.41, 5.74) is 1.08. The SMILES string of the molecule is Cc1ccc2c(N3CCC(NC(=O)OC(C)(C)C)C3)nc(-c3c(O)cccc3F)nc2c1. The molecule has 1 aliphatic rings. The minimum Gasteiger partial charge on any atom is -0.507 e. The van der Waals surface area contributed by atoms with Crippen molar-refractivity contribution >= 4 is 22.8 Å². The molecule has 8 heteroatoms. The van der Waals surface area contributed by atoms with Gasteiger partial charge in [0, 0.05) is 18.5 Å². The summed E-state index contributed by atoms with van der Waals surface area (Å²) in [5, 5.41) is 14.0. The fourth-order valence-electron chi connectivity index (χ4n) is 3.85. The summed E-state index contributed by atoms with van der Waals surface area (Å²) < 4.78 is 19.9. The molecule has 0 saturated carbocycles. The van der Waals surface area contributed by atoms with E-state index in [0.29, 0.717) is 24.4 Å². The highest BCUT2D eigenvalue weighted by Gasteiger charge is 2.29. The van der Waals surface area contributed by atoms with E-state index in [1.807, 2.05) is 50.8 Å². The van der Waals surface area contributed by atoms with E-state index in [9.17, 15) is 14.3 Å². The Bertz CT molecular complexity index is 1160. The van der Waals surface area contributed by atoms with Gasteiger partial charge in [0.05, 0.1) is 17.1 Å². The highest BCUT2D eigenvalue weighted by molar-refractivity contribution is 5.92. The minimum atomic E-state index is -0.589. The third-order valence-electron chi connectivity index (χ3n) is 5.26. The average Bonchev–Trinajstić information content (AvgIpc) is 3.13. The maximum atomic E-state index is 14.6. The van der Waals surface area contributed by atoms with E-state index in [4.69, 9.17) is 4.74 Å². The van der Waals surface area contributed by atoms with Gasteiger partial charge in [-0.1, -0.05) is 12.1 Å². The second-order valence-corrected chi connectivity index (χ2v) is 9.10. The normalized spacial score (nSPS) is 16.4. The number of ether oxygens (including phenoxy) is 1. The minimum absolute atomic E-state index is 0.0280. The van der Waals surface area contributed by atoms with Crippen molar-refractivity contribution in [1.29, 1.82) is 0 Å². The van der Waals surface area contributed by atoms with E-state index in [1.165, 1.54) is 18.2 Å². The summed E-state index contributed by atoms with van der Waals surface area (Å²) in [7, 11) is 0. The number of carbonyl (C=O) groups is 1. The molecule has 0 aliphatic carbocycles. The van der Waals surface area contributed by atoms with Crippen molar-refractivity contribution in [2.45, 2.75) is 45.8 Å². The van der Waals surface area contributed by atoms with Crippen LogP contribution in [0.5, 0.6) is 5.75 Å². The molecule has 1 aromatic heterocycles. The highest BCUT2D eigenvalue weighted by atomic mass is 19.1. The number of phenolic OH excluding ortho intramolecular Hbond substituents is 1. The van der Waals surface area contributed by atoms with E-state index < -0.39 is 17.5 Å². The largest absolute Gasteiger partial charge is 0.507 e. The second kappa shape index (κ2) is 8.26. The van der Waals surface area contributed by atoms with Crippen LogP contribution in [0, 0.1) is 12.7 Å². The number of phenols is 1. The molecule has 0 spiro atoms. The van der Waals surface area contributed by atoms with Crippen LogP contribution in [0.1, 0.15) is 32.8 Å². The number of aryl methyl sites for hydroxylation is 1. The lowest BCUT2D eigenvalue weighted by Crippen LogP contribution is -2.40. The van der Waals surface area contributed by atoms with Gasteiger partial charge in [0.1, 0.15) is 23.0 Å². The zero-order valence-corrected chi connectivity index (χ0v) is 18.6. The zero-order chi connectivity index (χ0) is 23.0. The lowest BCUT2D eigenvalue weighted by molar-refractivity contribution is 0.0509. The Balaban J connectivity index is 1.69. The fourth-order valence-corrected chi connectivity index (χ4v) is 3.85. The predicted molar refractivity (Wildman–Crippen MR) is 121 cm³/mol. The smallest absolute Gasteiger partial charge is 0.407 e. The van der Waals surface area contributed by atoms with Crippen molar-refractivity contribution in [2.75, 3.05) is 18.0 Å². The summed E-state index contributed by atoms with van der Waals surface area (Å²) in [4.78, 5) is 23.4. The number of nitrogens with one attached hydrogen (secondary N) is 1. The van der Waals surface area contributed by atoms with Gasteiger partial charge in [-0.2, -0.15) is 0 Å². The number of carbonyl (C=O) groups excluding carboxylic acids is 1. The van der Waals surface area contributed by atoms with Crippen LogP contribution in [0.15, 0.2) is 36.4 Å². The molecular formula is C24H27FN4O3. The van der Waals surface area contributed by atoms with Crippen LogP contribution in [-0.4, -0.2) is 45.9 Å². The zero-order valence-electron chi connectivity index (χ0n) is 18.6. The molecule has 32 heavy (non-hydrogen) atoms. The number of fused-ring (bicyclic) bond motifs is 1. The molecule has 1 fully saturated rings. The summed E-state index contributed by atoms with van der Waals surface area (Å²) in [6.45, 7) is 8.61. The molecule has 1 unspecified atom stereocenters. The number of benzene rings is 2. The third-order valence-corrected chi connectivity index (χ3v) is 5.26. The van der Waals surface area contributed by atoms with Gasteiger partial charge in [0.25, 0.3) is 0 Å². The molecule has 2 N–H and O–H groups in total. The van der Waals surface area contributed by atoms with E-state index in [1.54, 1.807) is 0 Å². The third kappa shape index (κ3) is 4.59. The first-order valence-corrected chi connectivity index (χ1v) is 10.6. The predicted octanol–water partition coefficient (Wildman–Crippen LogP) is 4.55. The first-order valence-electron chi connectivity index (χ1n) is 10.6. The molecular weight excluding hydrogens is 411 g/mol. The average molecular weight is 439 g/mol. The number of nitrogens with zero attached hydrogens (tertiary/aromatic N) is 3. The number of amides is 1. The van der Waals surface area contributed by atoms with Gasteiger partial charge in [-0.25, -0.2) is 19.2 Å². The lowest BCUT2D eigenvalue weighted by atomic mass is 10.1. The molecule has 0 bridgehead atoms. The number of hydrogen-bond donors (Lipinski definition) is 2. The molecule has 2 heterocycles. The number of anilines is 1. The van der Waals surface area contributed by atoms with Crippen molar-refractivity contribution < 1.29 is 19.0 Å². The first-order chi connectivity index (χ1) is 15.1. The first kappa shape index (κ1) is 21.8. The molecule has 7 nitrogen and oxygen atoms in total. The van der Waals surface area contributed by atoms with Crippen LogP contribution in [0.3, 0.4) is 0 Å². The van der Waals surface area contributed by atoms with Crippen LogP contribution in [-0.2, 0) is 4.74 Å². The summed E-state index contributed by atoms with van der Waals surface area (Å²) >= 11 is 0. The summed E-state index contributed by atoms with van der Waals surface area (Å²) in [5.74, 6) is -0.0407. The molecule has 3 aromatic rings. The maximum absolute atomic E-state index is 14.6. The number of aromatic hydroxyl groups is 1. The number of rotatable bonds is 3. The van der Waals surface area contributed by atoms with Crippen LogP contribution >= 0.6 is 0 Å².